The second kappa shape index (κ2) is 4.59. The normalized spacial score (nSPS) is 10.2. The van der Waals surface area contributed by atoms with Crippen LogP contribution in [0.5, 0.6) is 0 Å². The summed E-state index contributed by atoms with van der Waals surface area (Å²) in [4.78, 5) is 0. The van der Waals surface area contributed by atoms with Crippen LogP contribution in [0.4, 0.5) is 11.6 Å². The van der Waals surface area contributed by atoms with Crippen LogP contribution >= 0.6 is 0 Å². The van der Waals surface area contributed by atoms with Gasteiger partial charge in [0.2, 0.25) is 0 Å². The van der Waals surface area contributed by atoms with E-state index in [2.05, 4.69) is 22.3 Å². The second-order valence-electron chi connectivity index (χ2n) is 3.00. The minimum atomic E-state index is 0.406. The van der Waals surface area contributed by atoms with Crippen LogP contribution < -0.4 is 11.5 Å². The van der Waals surface area contributed by atoms with Gasteiger partial charge in [-0.25, -0.2) is 0 Å². The predicted octanol–water partition coefficient (Wildman–Crippen LogP) is 0.769. The molecule has 0 fully saturated rings. The van der Waals surface area contributed by atoms with Crippen molar-refractivity contribution in [1.82, 2.24) is 15.4 Å². The fourth-order valence-corrected chi connectivity index (χ4v) is 1.18. The molecule has 5 heteroatoms. The number of hydrogen-bond acceptors (Lipinski definition) is 5. The van der Waals surface area contributed by atoms with Crippen molar-refractivity contribution in [1.29, 1.82) is 0 Å². The Bertz CT molecular complexity index is 253. The first kappa shape index (κ1) is 9.70. The molecule has 13 heavy (non-hydrogen) atoms. The summed E-state index contributed by atoms with van der Waals surface area (Å²) in [7, 11) is 0. The van der Waals surface area contributed by atoms with Crippen LogP contribution in [0.3, 0.4) is 0 Å². The average Bonchev–Trinajstić information content (AvgIpc) is 2.10. The van der Waals surface area contributed by atoms with E-state index in [0.29, 0.717) is 11.6 Å². The molecule has 0 radical (unpaired) electrons. The molecular formula is C8H15N5. The Hall–Kier alpha value is -1.39. The fraction of sp³-hybridized carbons (Fsp3) is 0.625. The fourth-order valence-electron chi connectivity index (χ4n) is 1.18. The lowest BCUT2D eigenvalue weighted by Crippen LogP contribution is -2.07. The van der Waals surface area contributed by atoms with E-state index < -0.39 is 0 Å². The SMILES string of the molecule is CCCCCc1c(N)nnnc1N. The van der Waals surface area contributed by atoms with Gasteiger partial charge in [-0.15, -0.1) is 10.2 Å². The van der Waals surface area contributed by atoms with Gasteiger partial charge in [-0.2, -0.15) is 0 Å². The minimum absolute atomic E-state index is 0.406. The molecule has 0 atom stereocenters. The molecule has 0 aliphatic rings. The molecule has 1 aromatic heterocycles. The topological polar surface area (TPSA) is 90.7 Å². The molecule has 1 aromatic rings. The number of hydrogen-bond donors (Lipinski definition) is 2. The molecule has 0 aromatic carbocycles. The molecule has 0 saturated heterocycles. The first-order valence-electron chi connectivity index (χ1n) is 4.49. The molecule has 1 rings (SSSR count). The number of nitrogen functional groups attached to an aromatic ring is 2. The molecular weight excluding hydrogens is 166 g/mol. The molecule has 0 bridgehead atoms. The smallest absolute Gasteiger partial charge is 0.154 e. The molecule has 5 nitrogen and oxygen atoms in total. The highest BCUT2D eigenvalue weighted by Gasteiger charge is 2.06. The Balaban J connectivity index is 2.64. The van der Waals surface area contributed by atoms with Gasteiger partial charge < -0.3 is 11.5 Å². The van der Waals surface area contributed by atoms with Crippen LogP contribution in [-0.2, 0) is 6.42 Å². The molecule has 0 amide bonds. The van der Waals surface area contributed by atoms with Gasteiger partial charge in [0, 0.05) is 5.56 Å². The minimum Gasteiger partial charge on any atom is -0.382 e. The lowest BCUT2D eigenvalue weighted by Gasteiger charge is -2.04. The molecule has 1 heterocycles. The second-order valence-corrected chi connectivity index (χ2v) is 3.00. The molecule has 0 unspecified atom stereocenters. The Kier molecular flexibility index (Phi) is 3.42. The van der Waals surface area contributed by atoms with E-state index in [1.807, 2.05) is 0 Å². The highest BCUT2D eigenvalue weighted by Crippen LogP contribution is 2.15. The quantitative estimate of drug-likeness (QED) is 0.669. The van der Waals surface area contributed by atoms with E-state index in [1.54, 1.807) is 0 Å². The highest BCUT2D eigenvalue weighted by atomic mass is 15.3. The Morgan fingerprint density at radius 3 is 2.23 bits per heavy atom. The van der Waals surface area contributed by atoms with Crippen molar-refractivity contribution < 1.29 is 0 Å². The average molecular weight is 181 g/mol. The van der Waals surface area contributed by atoms with Gasteiger partial charge in [0.15, 0.2) is 11.6 Å². The highest BCUT2D eigenvalue weighted by molar-refractivity contribution is 5.50. The third-order valence-corrected chi connectivity index (χ3v) is 1.95. The number of nitrogens with two attached hydrogens (primary N) is 2. The molecule has 0 saturated carbocycles. The van der Waals surface area contributed by atoms with Crippen molar-refractivity contribution >= 4 is 11.6 Å². The van der Waals surface area contributed by atoms with E-state index in [4.69, 9.17) is 11.5 Å². The summed E-state index contributed by atoms with van der Waals surface area (Å²) in [6.07, 6.45) is 4.25. The maximum Gasteiger partial charge on any atom is 0.154 e. The van der Waals surface area contributed by atoms with Crippen molar-refractivity contribution in [2.24, 2.45) is 0 Å². The zero-order valence-electron chi connectivity index (χ0n) is 7.82. The van der Waals surface area contributed by atoms with Crippen molar-refractivity contribution in [3.63, 3.8) is 0 Å². The van der Waals surface area contributed by atoms with E-state index in [9.17, 15) is 0 Å². The first-order chi connectivity index (χ1) is 6.25. The van der Waals surface area contributed by atoms with Gasteiger partial charge in [-0.3, -0.25) is 0 Å². The van der Waals surface area contributed by atoms with Crippen molar-refractivity contribution in [3.05, 3.63) is 5.56 Å². The van der Waals surface area contributed by atoms with Crippen molar-refractivity contribution in [2.45, 2.75) is 32.6 Å². The largest absolute Gasteiger partial charge is 0.382 e. The number of unbranched alkanes of at least 4 members (excludes halogenated alkanes) is 2. The number of aromatic nitrogens is 3. The van der Waals surface area contributed by atoms with Gasteiger partial charge >= 0.3 is 0 Å². The number of nitrogens with zero attached hydrogens (tertiary/aromatic N) is 3. The number of anilines is 2. The van der Waals surface area contributed by atoms with Gasteiger partial charge in [-0.1, -0.05) is 19.8 Å². The summed E-state index contributed by atoms with van der Waals surface area (Å²) in [5.41, 5.74) is 12.1. The standard InChI is InChI=1S/C8H15N5/c1-2-3-4-5-6-7(9)11-13-12-8(6)10/h2-5H2,1H3,(H4,9,10,11,12). The Morgan fingerprint density at radius 2 is 1.69 bits per heavy atom. The van der Waals surface area contributed by atoms with Gasteiger partial charge in [0.25, 0.3) is 0 Å². The Labute approximate surface area is 77.5 Å². The van der Waals surface area contributed by atoms with Crippen LogP contribution in [0, 0.1) is 0 Å². The summed E-state index contributed by atoms with van der Waals surface area (Å²) in [5, 5.41) is 10.7. The summed E-state index contributed by atoms with van der Waals surface area (Å²) in [6, 6.07) is 0. The predicted molar refractivity (Wildman–Crippen MR) is 51.9 cm³/mol. The van der Waals surface area contributed by atoms with Gasteiger partial charge in [0.05, 0.1) is 0 Å². The lowest BCUT2D eigenvalue weighted by atomic mass is 10.1. The molecule has 72 valence electrons. The number of rotatable bonds is 4. The molecule has 0 spiro atoms. The lowest BCUT2D eigenvalue weighted by molar-refractivity contribution is 0.711. The zero-order valence-corrected chi connectivity index (χ0v) is 7.82. The van der Waals surface area contributed by atoms with Gasteiger partial charge in [-0.05, 0) is 18.1 Å². The van der Waals surface area contributed by atoms with Crippen LogP contribution in [0.1, 0.15) is 31.7 Å². The van der Waals surface area contributed by atoms with Crippen molar-refractivity contribution in [2.75, 3.05) is 11.5 Å². The summed E-state index contributed by atoms with van der Waals surface area (Å²) < 4.78 is 0. The van der Waals surface area contributed by atoms with E-state index in [0.717, 1.165) is 18.4 Å². The maximum absolute atomic E-state index is 5.61. The summed E-state index contributed by atoms with van der Waals surface area (Å²) >= 11 is 0. The summed E-state index contributed by atoms with van der Waals surface area (Å²) in [6.45, 7) is 2.15. The third kappa shape index (κ3) is 2.54. The zero-order chi connectivity index (χ0) is 9.68. The third-order valence-electron chi connectivity index (χ3n) is 1.95. The molecule has 0 aliphatic carbocycles. The first-order valence-corrected chi connectivity index (χ1v) is 4.49. The molecule has 0 aliphatic heterocycles. The van der Waals surface area contributed by atoms with Gasteiger partial charge in [0.1, 0.15) is 0 Å². The maximum atomic E-state index is 5.61. The van der Waals surface area contributed by atoms with E-state index in [-0.39, 0.29) is 0 Å². The monoisotopic (exact) mass is 181 g/mol. The van der Waals surface area contributed by atoms with Crippen LogP contribution in [0.2, 0.25) is 0 Å². The van der Waals surface area contributed by atoms with Crippen LogP contribution in [0.25, 0.3) is 0 Å². The van der Waals surface area contributed by atoms with Crippen molar-refractivity contribution in [3.8, 4) is 0 Å². The summed E-state index contributed by atoms with van der Waals surface area (Å²) in [5.74, 6) is 0.812. The van der Waals surface area contributed by atoms with Crippen LogP contribution in [-0.4, -0.2) is 15.4 Å². The Morgan fingerprint density at radius 1 is 1.08 bits per heavy atom. The van der Waals surface area contributed by atoms with E-state index in [1.165, 1.54) is 12.8 Å². The van der Waals surface area contributed by atoms with E-state index >= 15 is 0 Å². The molecule has 4 N–H and O–H groups in total. The van der Waals surface area contributed by atoms with Crippen LogP contribution in [0.15, 0.2) is 0 Å².